The van der Waals surface area contributed by atoms with Crippen molar-refractivity contribution >= 4 is 23.7 Å². The van der Waals surface area contributed by atoms with Crippen LogP contribution >= 0.6 is 0 Å². The molecule has 1 aliphatic rings. The van der Waals surface area contributed by atoms with E-state index in [0.29, 0.717) is 44.5 Å². The van der Waals surface area contributed by atoms with Gasteiger partial charge in [-0.05, 0) is 93.1 Å². The number of carbonyl (C=O) groups excluding carboxylic acids is 2. The lowest BCUT2D eigenvalue weighted by Crippen LogP contribution is -2.29. The highest BCUT2D eigenvalue weighted by atomic mass is 19.3. The van der Waals surface area contributed by atoms with Crippen molar-refractivity contribution in [3.63, 3.8) is 0 Å². The summed E-state index contributed by atoms with van der Waals surface area (Å²) in [7, 11) is 0. The Kier molecular flexibility index (Phi) is 10.9. The van der Waals surface area contributed by atoms with Crippen LogP contribution in [0, 0.1) is 0 Å². The van der Waals surface area contributed by atoms with Crippen molar-refractivity contribution in [3.8, 4) is 22.6 Å². The summed E-state index contributed by atoms with van der Waals surface area (Å²) in [6, 6.07) is 35.8. The Morgan fingerprint density at radius 3 is 1.18 bits per heavy atom. The van der Waals surface area contributed by atoms with Crippen molar-refractivity contribution in [1.29, 1.82) is 0 Å². The number of ketones is 2. The second-order valence-corrected chi connectivity index (χ2v) is 12.8. The second kappa shape index (κ2) is 16.3. The molecule has 1 aliphatic carbocycles. The Morgan fingerprint density at radius 1 is 0.456 bits per heavy atom. The number of benzene rings is 6. The maximum atomic E-state index is 13.9. The molecule has 0 radical (unpaired) electrons. The average Bonchev–Trinajstić information content (AvgIpc) is 3.52. The lowest BCUT2D eigenvalue weighted by molar-refractivity contribution is 0.103. The Morgan fingerprint density at radius 2 is 0.825 bits per heavy atom. The topological polar surface area (TPSA) is 52.6 Å². The lowest BCUT2D eigenvalue weighted by atomic mass is 9.67. The molecular weight excluding hydrogens is 743 g/mol. The van der Waals surface area contributed by atoms with Gasteiger partial charge in [-0.3, -0.25) is 9.59 Å². The Labute approximate surface area is 323 Å². The molecule has 0 aliphatic heterocycles. The minimum absolute atomic E-state index is 0.248. The van der Waals surface area contributed by atoms with Gasteiger partial charge in [0.2, 0.25) is 0 Å². The first-order chi connectivity index (χ1) is 27.5. The van der Waals surface area contributed by atoms with Crippen LogP contribution in [0.1, 0.15) is 54.1 Å². The Balaban J connectivity index is 1.44. The molecule has 0 fully saturated rings. The average molecular weight is 771 g/mol. The van der Waals surface area contributed by atoms with Gasteiger partial charge in [-0.1, -0.05) is 121 Å². The first kappa shape index (κ1) is 38.1. The third-order valence-electron chi connectivity index (χ3n) is 9.45. The van der Waals surface area contributed by atoms with E-state index in [1.165, 1.54) is 60.7 Å². The van der Waals surface area contributed by atoms with E-state index in [1.54, 1.807) is 48.6 Å². The fourth-order valence-corrected chi connectivity index (χ4v) is 6.91. The lowest BCUT2D eigenvalue weighted by Gasteiger charge is -2.34. The zero-order valence-electron chi connectivity index (χ0n) is 29.6. The van der Waals surface area contributed by atoms with Crippen molar-refractivity contribution in [3.05, 3.63) is 226 Å². The Bertz CT molecular complexity index is 2410. The number of hydrogen-bond acceptors (Lipinski definition) is 4. The number of fused-ring (bicyclic) bond motifs is 3. The van der Waals surface area contributed by atoms with E-state index in [4.69, 9.17) is 9.47 Å². The number of carbonyl (C=O) groups is 2. The van der Waals surface area contributed by atoms with Crippen LogP contribution in [0.2, 0.25) is 0 Å². The minimum Gasteiger partial charge on any atom is -0.428 e. The zero-order valence-corrected chi connectivity index (χ0v) is 29.6. The van der Waals surface area contributed by atoms with Crippen molar-refractivity contribution in [1.82, 2.24) is 0 Å². The Hall–Kier alpha value is -7.20. The van der Waals surface area contributed by atoms with Crippen molar-refractivity contribution in [2.75, 3.05) is 0 Å². The molecule has 57 heavy (non-hydrogen) atoms. The molecule has 6 aromatic rings. The van der Waals surface area contributed by atoms with Gasteiger partial charge < -0.3 is 9.47 Å². The molecular formula is C47H28F6O4. The molecule has 282 valence electrons. The summed E-state index contributed by atoms with van der Waals surface area (Å²) in [5, 5.41) is 0. The van der Waals surface area contributed by atoms with Gasteiger partial charge in [-0.2, -0.15) is 26.3 Å². The van der Waals surface area contributed by atoms with Crippen LogP contribution < -0.4 is 9.47 Å². The van der Waals surface area contributed by atoms with Crippen LogP contribution in [-0.4, -0.2) is 11.6 Å². The molecule has 6 aromatic carbocycles. The number of halogens is 6. The third kappa shape index (κ3) is 7.83. The molecule has 0 saturated carbocycles. The molecule has 0 unspecified atom stereocenters. The summed E-state index contributed by atoms with van der Waals surface area (Å²) in [5.41, 5.74) is 4.20. The van der Waals surface area contributed by atoms with Crippen molar-refractivity contribution < 1.29 is 45.4 Å². The first-order valence-electron chi connectivity index (χ1n) is 17.4. The molecule has 4 nitrogen and oxygen atoms in total. The zero-order chi connectivity index (χ0) is 40.1. The third-order valence-corrected chi connectivity index (χ3v) is 9.45. The molecule has 10 heteroatoms. The van der Waals surface area contributed by atoms with E-state index < -0.39 is 29.6 Å². The molecule has 0 atom stereocenters. The van der Waals surface area contributed by atoms with E-state index in [1.807, 2.05) is 60.7 Å². The summed E-state index contributed by atoms with van der Waals surface area (Å²) in [5.74, 6) is -1.15. The summed E-state index contributed by atoms with van der Waals surface area (Å²) in [6.45, 7) is 0. The van der Waals surface area contributed by atoms with Crippen LogP contribution in [0.4, 0.5) is 26.3 Å². The van der Waals surface area contributed by atoms with Crippen molar-refractivity contribution in [2.45, 2.75) is 5.41 Å². The molecule has 0 N–H and O–H groups in total. The van der Waals surface area contributed by atoms with E-state index in [0.717, 1.165) is 11.1 Å². The highest BCUT2D eigenvalue weighted by molar-refractivity contribution is 6.09. The van der Waals surface area contributed by atoms with Crippen LogP contribution in [0.25, 0.3) is 23.3 Å². The van der Waals surface area contributed by atoms with Gasteiger partial charge in [0.15, 0.2) is 11.6 Å². The molecule has 0 aromatic heterocycles. The number of rotatable bonds is 12. The fourth-order valence-electron chi connectivity index (χ4n) is 6.91. The second-order valence-electron chi connectivity index (χ2n) is 12.8. The number of hydrogen-bond donors (Lipinski definition) is 0. The van der Waals surface area contributed by atoms with Gasteiger partial charge in [-0.15, -0.1) is 0 Å². The largest absolute Gasteiger partial charge is 0.428 e. The molecule has 0 heterocycles. The maximum absolute atomic E-state index is 13.9. The van der Waals surface area contributed by atoms with Crippen LogP contribution in [0.5, 0.6) is 11.5 Å². The minimum atomic E-state index is -2.65. The van der Waals surface area contributed by atoms with E-state index >= 15 is 0 Å². The van der Waals surface area contributed by atoms with Gasteiger partial charge >= 0.3 is 24.2 Å². The van der Waals surface area contributed by atoms with E-state index in [9.17, 15) is 35.9 Å². The monoisotopic (exact) mass is 770 g/mol. The van der Waals surface area contributed by atoms with Crippen LogP contribution in [-0.2, 0) is 5.41 Å². The smallest absolute Gasteiger partial charge is 0.344 e. The summed E-state index contributed by atoms with van der Waals surface area (Å²) in [4.78, 5) is 27.5. The molecule has 0 amide bonds. The predicted molar refractivity (Wildman–Crippen MR) is 205 cm³/mol. The molecule has 0 spiro atoms. The SMILES string of the molecule is O=C(C=Cc1ccccc1)c1ccc2c(c1)C(c1ccc(OC(F)=C(F)F)cc1)(c1ccc(OC(F)=C(F)F)cc1)c1cc(C(=O)C=Cc3ccccc3)ccc1-2. The molecule has 0 saturated heterocycles. The first-order valence-corrected chi connectivity index (χ1v) is 17.4. The van der Waals surface area contributed by atoms with Crippen molar-refractivity contribution in [2.24, 2.45) is 0 Å². The summed E-state index contributed by atoms with van der Waals surface area (Å²) < 4.78 is 88.9. The standard InChI is InChI=1S/C47H28F6O4/c48-43(49)45(52)56-35-19-15-33(16-20-35)47(34-17-21-36(22-18-34)57-46(53)44(50)51)39-27-31(41(54)25-11-29-7-3-1-4-8-29)13-23-37(39)38-24-14-32(28-40(38)47)42(55)26-12-30-9-5-2-6-10-30/h1-28H. The highest BCUT2D eigenvalue weighted by Crippen LogP contribution is 2.57. The van der Waals surface area contributed by atoms with Gasteiger partial charge in [0.25, 0.3) is 0 Å². The summed E-state index contributed by atoms with van der Waals surface area (Å²) >= 11 is 0. The van der Waals surface area contributed by atoms with Crippen LogP contribution in [0.15, 0.2) is 182 Å². The summed E-state index contributed by atoms with van der Waals surface area (Å²) in [6.07, 6.45) is 0.940. The molecule has 0 bridgehead atoms. The number of allylic oxidation sites excluding steroid dienone is 2. The maximum Gasteiger partial charge on any atom is 0.344 e. The van der Waals surface area contributed by atoms with Gasteiger partial charge in [-0.25, -0.2) is 0 Å². The van der Waals surface area contributed by atoms with E-state index in [-0.39, 0.29) is 23.1 Å². The highest BCUT2D eigenvalue weighted by Gasteiger charge is 2.47. The number of ether oxygens (including phenoxy) is 2. The molecule has 7 rings (SSSR count). The predicted octanol–water partition coefficient (Wildman–Crippen LogP) is 12.7. The normalized spacial score (nSPS) is 12.5. The van der Waals surface area contributed by atoms with Gasteiger partial charge in [0.1, 0.15) is 11.5 Å². The van der Waals surface area contributed by atoms with Gasteiger partial charge in [0, 0.05) is 11.1 Å². The van der Waals surface area contributed by atoms with E-state index in [2.05, 4.69) is 0 Å². The quantitative estimate of drug-likeness (QED) is 0.0537. The van der Waals surface area contributed by atoms with Crippen LogP contribution in [0.3, 0.4) is 0 Å². The van der Waals surface area contributed by atoms with Gasteiger partial charge in [0.05, 0.1) is 5.41 Å². The fraction of sp³-hybridized carbons (Fsp3) is 0.0213.